The van der Waals surface area contributed by atoms with Crippen molar-refractivity contribution in [2.45, 2.75) is 20.3 Å². The maximum Gasteiger partial charge on any atom is 0.305 e. The van der Waals surface area contributed by atoms with Crippen LogP contribution in [0.4, 0.5) is 5.13 Å². The zero-order valence-corrected chi connectivity index (χ0v) is 12.4. The van der Waals surface area contributed by atoms with Crippen LogP contribution in [-0.4, -0.2) is 46.4 Å². The van der Waals surface area contributed by atoms with Gasteiger partial charge >= 0.3 is 5.97 Å². The predicted molar refractivity (Wildman–Crippen MR) is 74.8 cm³/mol. The summed E-state index contributed by atoms with van der Waals surface area (Å²) in [5.41, 5.74) is 0.196. The van der Waals surface area contributed by atoms with E-state index in [9.17, 15) is 14.4 Å². The molecule has 1 rings (SSSR count). The molecule has 1 aromatic rings. The van der Waals surface area contributed by atoms with Crippen molar-refractivity contribution in [3.63, 3.8) is 0 Å². The van der Waals surface area contributed by atoms with Crippen LogP contribution in [0.5, 0.6) is 0 Å². The smallest absolute Gasteiger partial charge is 0.305 e. The minimum absolute atomic E-state index is 0.110. The molecule has 2 amide bonds. The summed E-state index contributed by atoms with van der Waals surface area (Å²) in [5.74, 6) is -1.67. The van der Waals surface area contributed by atoms with Gasteiger partial charge in [-0.3, -0.25) is 14.4 Å². The molecule has 0 atom stereocenters. The summed E-state index contributed by atoms with van der Waals surface area (Å²) in [5, 5.41) is 13.1. The first-order valence-corrected chi connectivity index (χ1v) is 6.93. The second kappa shape index (κ2) is 6.99. The zero-order valence-electron chi connectivity index (χ0n) is 11.5. The Morgan fingerprint density at radius 2 is 2.10 bits per heavy atom. The number of hydrogen-bond donors (Lipinski definition) is 2. The Labute approximate surface area is 120 Å². The van der Waals surface area contributed by atoms with Crippen molar-refractivity contribution in [3.8, 4) is 0 Å². The Morgan fingerprint density at radius 1 is 1.45 bits per heavy atom. The molecular weight excluding hydrogens is 282 g/mol. The first-order chi connectivity index (χ1) is 9.31. The fourth-order valence-corrected chi connectivity index (χ4v) is 1.93. The van der Waals surface area contributed by atoms with E-state index >= 15 is 0 Å². The summed E-state index contributed by atoms with van der Waals surface area (Å²) < 4.78 is 0. The molecule has 0 aliphatic carbocycles. The molecule has 7 nitrogen and oxygen atoms in total. The second-order valence-electron chi connectivity index (χ2n) is 4.55. The second-order valence-corrected chi connectivity index (χ2v) is 5.41. The highest BCUT2D eigenvalue weighted by atomic mass is 32.1. The Bertz CT molecular complexity index is 513. The molecule has 8 heteroatoms. The van der Waals surface area contributed by atoms with E-state index in [0.717, 1.165) is 11.3 Å². The van der Waals surface area contributed by atoms with E-state index in [-0.39, 0.29) is 36.4 Å². The van der Waals surface area contributed by atoms with Gasteiger partial charge in [0.1, 0.15) is 5.69 Å². The van der Waals surface area contributed by atoms with Crippen LogP contribution in [0.2, 0.25) is 0 Å². The molecule has 0 spiro atoms. The summed E-state index contributed by atoms with van der Waals surface area (Å²) in [4.78, 5) is 39.2. The van der Waals surface area contributed by atoms with Crippen LogP contribution in [0.1, 0.15) is 30.8 Å². The molecule has 20 heavy (non-hydrogen) atoms. The lowest BCUT2D eigenvalue weighted by atomic mass is 10.2. The highest BCUT2D eigenvalue weighted by Crippen LogP contribution is 2.17. The third-order valence-electron chi connectivity index (χ3n) is 2.49. The average Bonchev–Trinajstić information content (AvgIpc) is 2.83. The highest BCUT2D eigenvalue weighted by Gasteiger charge is 2.17. The van der Waals surface area contributed by atoms with Crippen molar-refractivity contribution in [2.75, 3.05) is 18.9 Å². The van der Waals surface area contributed by atoms with E-state index in [1.54, 1.807) is 13.8 Å². The zero-order chi connectivity index (χ0) is 15.3. The summed E-state index contributed by atoms with van der Waals surface area (Å²) >= 11 is 1.16. The van der Waals surface area contributed by atoms with E-state index in [0.29, 0.717) is 5.13 Å². The molecule has 110 valence electrons. The minimum Gasteiger partial charge on any atom is -0.481 e. The molecule has 0 radical (unpaired) electrons. The van der Waals surface area contributed by atoms with Gasteiger partial charge in [0, 0.05) is 24.9 Å². The lowest BCUT2D eigenvalue weighted by Crippen LogP contribution is -2.29. The molecule has 2 N–H and O–H groups in total. The lowest BCUT2D eigenvalue weighted by molar-refractivity contribution is -0.137. The normalized spacial score (nSPS) is 10.4. The molecule has 0 aliphatic rings. The minimum atomic E-state index is -0.965. The Hall–Kier alpha value is -1.96. The number of carboxylic acids is 1. The van der Waals surface area contributed by atoms with Crippen molar-refractivity contribution in [2.24, 2.45) is 5.92 Å². The quantitative estimate of drug-likeness (QED) is 0.824. The van der Waals surface area contributed by atoms with Crippen molar-refractivity contribution >= 4 is 34.3 Å². The number of aromatic nitrogens is 1. The van der Waals surface area contributed by atoms with Gasteiger partial charge in [-0.25, -0.2) is 4.98 Å². The summed E-state index contributed by atoms with van der Waals surface area (Å²) in [7, 11) is 1.51. The van der Waals surface area contributed by atoms with Gasteiger partial charge in [0.15, 0.2) is 5.13 Å². The van der Waals surface area contributed by atoms with Crippen molar-refractivity contribution < 1.29 is 19.5 Å². The number of rotatable bonds is 6. The third-order valence-corrected chi connectivity index (χ3v) is 3.24. The van der Waals surface area contributed by atoms with Gasteiger partial charge in [-0.1, -0.05) is 13.8 Å². The van der Waals surface area contributed by atoms with Gasteiger partial charge in [-0.2, -0.15) is 0 Å². The van der Waals surface area contributed by atoms with Gasteiger partial charge in [-0.05, 0) is 0 Å². The molecule has 0 aromatic carbocycles. The fraction of sp³-hybridized carbons (Fsp3) is 0.500. The fourth-order valence-electron chi connectivity index (χ4n) is 1.24. The molecule has 0 saturated heterocycles. The number of amides is 2. The maximum absolute atomic E-state index is 12.0. The molecule has 1 aromatic heterocycles. The van der Waals surface area contributed by atoms with E-state index in [2.05, 4.69) is 10.3 Å². The number of carbonyl (C=O) groups excluding carboxylic acids is 2. The Kier molecular flexibility index (Phi) is 5.63. The van der Waals surface area contributed by atoms with E-state index in [1.807, 2.05) is 0 Å². The Balaban J connectivity index is 2.64. The molecule has 0 saturated carbocycles. The van der Waals surface area contributed by atoms with E-state index in [4.69, 9.17) is 5.11 Å². The predicted octanol–water partition coefficient (Wildman–Crippen LogP) is 1.28. The molecule has 0 aliphatic heterocycles. The van der Waals surface area contributed by atoms with Gasteiger partial charge in [0.2, 0.25) is 5.91 Å². The summed E-state index contributed by atoms with van der Waals surface area (Å²) in [6.45, 7) is 3.63. The summed E-state index contributed by atoms with van der Waals surface area (Å²) in [6, 6.07) is 0. The van der Waals surface area contributed by atoms with Crippen molar-refractivity contribution in [1.82, 2.24) is 9.88 Å². The Morgan fingerprint density at radius 3 is 2.65 bits per heavy atom. The monoisotopic (exact) mass is 299 g/mol. The first kappa shape index (κ1) is 16.1. The largest absolute Gasteiger partial charge is 0.481 e. The van der Waals surface area contributed by atoms with Crippen LogP contribution in [0.3, 0.4) is 0 Å². The summed E-state index contributed by atoms with van der Waals surface area (Å²) in [6.07, 6.45) is -0.122. The van der Waals surface area contributed by atoms with Crippen LogP contribution in [0, 0.1) is 5.92 Å². The van der Waals surface area contributed by atoms with E-state index < -0.39 is 5.97 Å². The number of thiazole rings is 1. The van der Waals surface area contributed by atoms with Gasteiger partial charge in [-0.15, -0.1) is 11.3 Å². The van der Waals surface area contributed by atoms with E-state index in [1.165, 1.54) is 17.3 Å². The maximum atomic E-state index is 12.0. The third kappa shape index (κ3) is 4.61. The number of aliphatic carboxylic acids is 1. The molecule has 1 heterocycles. The van der Waals surface area contributed by atoms with Crippen LogP contribution in [0.25, 0.3) is 0 Å². The number of anilines is 1. The van der Waals surface area contributed by atoms with Crippen molar-refractivity contribution in [3.05, 3.63) is 11.1 Å². The number of nitrogens with zero attached hydrogens (tertiary/aromatic N) is 2. The molecular formula is C12H17N3O4S. The number of carboxylic acid groups (broad SMARTS) is 1. The standard InChI is InChI=1S/C12H17N3O4S/c1-7(2)10(18)14-12-13-8(6-20-12)11(19)15(3)5-4-9(16)17/h6-7H,4-5H2,1-3H3,(H,16,17)(H,13,14,18). The first-order valence-electron chi connectivity index (χ1n) is 6.05. The number of hydrogen-bond acceptors (Lipinski definition) is 5. The molecule has 0 fully saturated rings. The average molecular weight is 299 g/mol. The highest BCUT2D eigenvalue weighted by molar-refractivity contribution is 7.14. The van der Waals surface area contributed by atoms with Crippen LogP contribution in [0.15, 0.2) is 5.38 Å². The van der Waals surface area contributed by atoms with Gasteiger partial charge in [0.25, 0.3) is 5.91 Å². The SMILES string of the molecule is CC(C)C(=O)Nc1nc(C(=O)N(C)CCC(=O)O)cs1. The lowest BCUT2D eigenvalue weighted by Gasteiger charge is -2.14. The van der Waals surface area contributed by atoms with Crippen LogP contribution >= 0.6 is 11.3 Å². The van der Waals surface area contributed by atoms with Gasteiger partial charge < -0.3 is 15.3 Å². The molecule has 0 unspecified atom stereocenters. The molecule has 0 bridgehead atoms. The topological polar surface area (TPSA) is 99.6 Å². The van der Waals surface area contributed by atoms with Gasteiger partial charge in [0.05, 0.1) is 6.42 Å². The van der Waals surface area contributed by atoms with Crippen LogP contribution in [-0.2, 0) is 9.59 Å². The van der Waals surface area contributed by atoms with Crippen molar-refractivity contribution in [1.29, 1.82) is 0 Å². The van der Waals surface area contributed by atoms with Crippen LogP contribution < -0.4 is 5.32 Å². The number of carbonyl (C=O) groups is 3. The number of nitrogens with one attached hydrogen (secondary N) is 1.